The van der Waals surface area contributed by atoms with Gasteiger partial charge in [0, 0.05) is 19.7 Å². The van der Waals surface area contributed by atoms with Crippen molar-refractivity contribution >= 4 is 11.7 Å². The highest BCUT2D eigenvalue weighted by molar-refractivity contribution is 6.02. The summed E-state index contributed by atoms with van der Waals surface area (Å²) in [7, 11) is 1.57. The van der Waals surface area contributed by atoms with Gasteiger partial charge in [-0.15, -0.1) is 0 Å². The summed E-state index contributed by atoms with van der Waals surface area (Å²) in [6.07, 6.45) is -0.637. The van der Waals surface area contributed by atoms with Crippen molar-refractivity contribution in [2.75, 3.05) is 26.9 Å². The smallest absolute Gasteiger partial charge is 0.260 e. The first-order valence-corrected chi connectivity index (χ1v) is 6.35. The standard InChI is InChI=1S/C14H17NO5/c1-9(14(17)15-5-6-18-2)20-10-3-4-11-12(16)8-19-13(11)7-10/h3-4,7,9H,5-6,8H2,1-2H3,(H,15,17). The Labute approximate surface area is 117 Å². The van der Waals surface area contributed by atoms with E-state index >= 15 is 0 Å². The zero-order chi connectivity index (χ0) is 14.5. The molecule has 0 aromatic heterocycles. The van der Waals surface area contributed by atoms with Crippen LogP contribution in [0.4, 0.5) is 0 Å². The number of nitrogens with one attached hydrogen (secondary N) is 1. The minimum Gasteiger partial charge on any atom is -0.485 e. The molecule has 1 N–H and O–H groups in total. The van der Waals surface area contributed by atoms with Crippen LogP contribution in [0.15, 0.2) is 18.2 Å². The van der Waals surface area contributed by atoms with Crippen molar-refractivity contribution in [2.45, 2.75) is 13.0 Å². The average molecular weight is 279 g/mol. The van der Waals surface area contributed by atoms with Crippen molar-refractivity contribution in [3.8, 4) is 11.5 Å². The summed E-state index contributed by atoms with van der Waals surface area (Å²) in [4.78, 5) is 23.1. The zero-order valence-electron chi connectivity index (χ0n) is 11.5. The molecule has 20 heavy (non-hydrogen) atoms. The highest BCUT2D eigenvalue weighted by Gasteiger charge is 2.22. The highest BCUT2D eigenvalue weighted by Crippen LogP contribution is 2.29. The number of carbonyl (C=O) groups excluding carboxylic acids is 2. The van der Waals surface area contributed by atoms with Crippen molar-refractivity contribution in [1.29, 1.82) is 0 Å². The Morgan fingerprint density at radius 2 is 2.30 bits per heavy atom. The fourth-order valence-electron chi connectivity index (χ4n) is 1.82. The lowest BCUT2D eigenvalue weighted by molar-refractivity contribution is -0.127. The first-order chi connectivity index (χ1) is 9.61. The fourth-order valence-corrected chi connectivity index (χ4v) is 1.82. The van der Waals surface area contributed by atoms with Crippen LogP contribution in [0.3, 0.4) is 0 Å². The Balaban J connectivity index is 1.93. The van der Waals surface area contributed by atoms with Gasteiger partial charge in [-0.1, -0.05) is 0 Å². The molecular formula is C14H17NO5. The van der Waals surface area contributed by atoms with E-state index in [9.17, 15) is 9.59 Å². The molecule has 1 unspecified atom stereocenters. The number of ether oxygens (including phenoxy) is 3. The molecular weight excluding hydrogens is 262 g/mol. The summed E-state index contributed by atoms with van der Waals surface area (Å²) in [5.41, 5.74) is 0.551. The fraction of sp³-hybridized carbons (Fsp3) is 0.429. The van der Waals surface area contributed by atoms with E-state index in [0.29, 0.717) is 30.2 Å². The van der Waals surface area contributed by atoms with Crippen molar-refractivity contribution in [2.24, 2.45) is 0 Å². The molecule has 1 amide bonds. The SMILES string of the molecule is COCCNC(=O)C(C)Oc1ccc2c(c1)OCC2=O. The minimum absolute atomic E-state index is 0.0445. The number of amides is 1. The van der Waals surface area contributed by atoms with Crippen LogP contribution in [0.5, 0.6) is 11.5 Å². The second kappa shape index (κ2) is 6.38. The van der Waals surface area contributed by atoms with Crippen LogP contribution in [0, 0.1) is 0 Å². The summed E-state index contributed by atoms with van der Waals surface area (Å²) in [6, 6.07) is 4.93. The molecule has 1 atom stereocenters. The number of methoxy groups -OCH3 is 1. The maximum atomic E-state index is 11.7. The lowest BCUT2D eigenvalue weighted by Crippen LogP contribution is -2.37. The number of ketones is 1. The predicted molar refractivity (Wildman–Crippen MR) is 71.2 cm³/mol. The van der Waals surface area contributed by atoms with Crippen molar-refractivity contribution < 1.29 is 23.8 Å². The average Bonchev–Trinajstić information content (AvgIpc) is 2.80. The molecule has 1 aromatic rings. The van der Waals surface area contributed by atoms with Crippen LogP contribution in [0.2, 0.25) is 0 Å². The van der Waals surface area contributed by atoms with Crippen LogP contribution in [-0.4, -0.2) is 44.7 Å². The molecule has 108 valence electrons. The molecule has 0 saturated heterocycles. The lowest BCUT2D eigenvalue weighted by atomic mass is 10.1. The van der Waals surface area contributed by atoms with E-state index in [1.54, 1.807) is 32.2 Å². The summed E-state index contributed by atoms with van der Waals surface area (Å²) >= 11 is 0. The van der Waals surface area contributed by atoms with Crippen LogP contribution >= 0.6 is 0 Å². The van der Waals surface area contributed by atoms with E-state index in [0.717, 1.165) is 0 Å². The largest absolute Gasteiger partial charge is 0.485 e. The first-order valence-electron chi connectivity index (χ1n) is 6.35. The predicted octanol–water partition coefficient (Wildman–Crippen LogP) is 0.792. The number of Topliss-reactive ketones (excluding diaryl/α,β-unsaturated/α-hetero) is 1. The molecule has 1 aliphatic heterocycles. The van der Waals surface area contributed by atoms with E-state index in [2.05, 4.69) is 5.32 Å². The Morgan fingerprint density at radius 1 is 1.50 bits per heavy atom. The molecule has 0 aliphatic carbocycles. The molecule has 0 radical (unpaired) electrons. The summed E-state index contributed by atoms with van der Waals surface area (Å²) in [5.74, 6) is 0.726. The molecule has 0 bridgehead atoms. The van der Waals surface area contributed by atoms with Gasteiger partial charge in [0.05, 0.1) is 12.2 Å². The Hall–Kier alpha value is -2.08. The Kier molecular flexibility index (Phi) is 4.57. The first kappa shape index (κ1) is 14.3. The van der Waals surface area contributed by atoms with Gasteiger partial charge in [0.2, 0.25) is 5.78 Å². The third kappa shape index (κ3) is 3.27. The molecule has 1 aliphatic rings. The molecule has 1 aromatic carbocycles. The van der Waals surface area contributed by atoms with E-state index in [4.69, 9.17) is 14.2 Å². The number of benzene rings is 1. The normalized spacial score (nSPS) is 14.4. The number of hydrogen-bond donors (Lipinski definition) is 1. The van der Waals surface area contributed by atoms with Crippen LogP contribution in [0.1, 0.15) is 17.3 Å². The van der Waals surface area contributed by atoms with Gasteiger partial charge in [-0.05, 0) is 19.1 Å². The number of hydrogen-bond acceptors (Lipinski definition) is 5. The molecule has 0 saturated carbocycles. The Morgan fingerprint density at radius 3 is 3.05 bits per heavy atom. The molecule has 6 nitrogen and oxygen atoms in total. The van der Waals surface area contributed by atoms with Crippen LogP contribution in [-0.2, 0) is 9.53 Å². The zero-order valence-corrected chi connectivity index (χ0v) is 11.5. The molecule has 6 heteroatoms. The second-order valence-electron chi connectivity index (χ2n) is 4.41. The molecule has 1 heterocycles. The van der Waals surface area contributed by atoms with Gasteiger partial charge in [-0.2, -0.15) is 0 Å². The summed E-state index contributed by atoms with van der Waals surface area (Å²) in [5, 5.41) is 2.69. The van der Waals surface area contributed by atoms with E-state index in [1.165, 1.54) is 0 Å². The lowest BCUT2D eigenvalue weighted by Gasteiger charge is -2.15. The van der Waals surface area contributed by atoms with Gasteiger partial charge in [-0.25, -0.2) is 0 Å². The minimum atomic E-state index is -0.637. The number of fused-ring (bicyclic) bond motifs is 1. The van der Waals surface area contributed by atoms with Crippen LogP contribution in [0.25, 0.3) is 0 Å². The molecule has 0 spiro atoms. The van der Waals surface area contributed by atoms with Crippen molar-refractivity contribution in [3.63, 3.8) is 0 Å². The quantitative estimate of drug-likeness (QED) is 0.779. The van der Waals surface area contributed by atoms with Gasteiger partial charge in [0.1, 0.15) is 11.5 Å². The van der Waals surface area contributed by atoms with E-state index < -0.39 is 6.10 Å². The Bertz CT molecular complexity index is 514. The highest BCUT2D eigenvalue weighted by atomic mass is 16.5. The third-order valence-electron chi connectivity index (χ3n) is 2.90. The van der Waals surface area contributed by atoms with Gasteiger partial charge < -0.3 is 19.5 Å². The summed E-state index contributed by atoms with van der Waals surface area (Å²) in [6.45, 7) is 2.60. The third-order valence-corrected chi connectivity index (χ3v) is 2.90. The number of rotatable bonds is 6. The number of carbonyl (C=O) groups is 2. The van der Waals surface area contributed by atoms with Gasteiger partial charge in [-0.3, -0.25) is 9.59 Å². The van der Waals surface area contributed by atoms with Gasteiger partial charge >= 0.3 is 0 Å². The van der Waals surface area contributed by atoms with E-state index in [1.807, 2.05) is 0 Å². The molecule has 0 fully saturated rings. The molecule has 2 rings (SSSR count). The van der Waals surface area contributed by atoms with Crippen LogP contribution < -0.4 is 14.8 Å². The maximum Gasteiger partial charge on any atom is 0.260 e. The van der Waals surface area contributed by atoms with E-state index in [-0.39, 0.29) is 18.3 Å². The van der Waals surface area contributed by atoms with Crippen molar-refractivity contribution in [1.82, 2.24) is 5.32 Å². The maximum absolute atomic E-state index is 11.7. The summed E-state index contributed by atoms with van der Waals surface area (Å²) < 4.78 is 15.6. The monoisotopic (exact) mass is 279 g/mol. The van der Waals surface area contributed by atoms with Crippen molar-refractivity contribution in [3.05, 3.63) is 23.8 Å². The topological polar surface area (TPSA) is 73.9 Å². The van der Waals surface area contributed by atoms with Gasteiger partial charge in [0.15, 0.2) is 12.7 Å². The van der Waals surface area contributed by atoms with Gasteiger partial charge in [0.25, 0.3) is 5.91 Å². The second-order valence-corrected chi connectivity index (χ2v) is 4.41.